The molecule has 0 aliphatic carbocycles. The van der Waals surface area contributed by atoms with Crippen molar-refractivity contribution < 1.29 is 9.90 Å². The van der Waals surface area contributed by atoms with Gasteiger partial charge in [-0.05, 0) is 36.1 Å². The molecular weight excluding hydrogens is 376 g/mol. The van der Waals surface area contributed by atoms with Gasteiger partial charge in [0.05, 0.1) is 11.7 Å². The van der Waals surface area contributed by atoms with Crippen molar-refractivity contribution in [2.75, 3.05) is 19.6 Å². The lowest BCUT2D eigenvalue weighted by molar-refractivity contribution is -0.0137. The van der Waals surface area contributed by atoms with E-state index in [9.17, 15) is 9.90 Å². The van der Waals surface area contributed by atoms with Crippen LogP contribution < -0.4 is 0 Å². The fourth-order valence-corrected chi connectivity index (χ4v) is 4.45. The van der Waals surface area contributed by atoms with Crippen molar-refractivity contribution in [1.82, 2.24) is 14.8 Å². The maximum atomic E-state index is 12.9. The van der Waals surface area contributed by atoms with Gasteiger partial charge >= 0.3 is 0 Å². The Bertz CT molecular complexity index is 964. The first-order valence-electron chi connectivity index (χ1n) is 10.5. The molecule has 0 bridgehead atoms. The molecule has 4 rings (SSSR count). The Labute approximate surface area is 178 Å². The van der Waals surface area contributed by atoms with Crippen LogP contribution in [-0.4, -0.2) is 57.6 Å². The number of benzene rings is 1. The highest BCUT2D eigenvalue weighted by molar-refractivity contribution is 5.94. The molecule has 2 aliphatic rings. The third kappa shape index (κ3) is 3.96. The van der Waals surface area contributed by atoms with E-state index in [4.69, 9.17) is 6.57 Å². The van der Waals surface area contributed by atoms with E-state index in [-0.39, 0.29) is 11.9 Å². The number of likely N-dealkylation sites (tertiary alicyclic amines) is 1. The molecule has 1 saturated heterocycles. The first-order chi connectivity index (χ1) is 14.4. The molecule has 156 valence electrons. The van der Waals surface area contributed by atoms with E-state index in [1.54, 1.807) is 23.2 Å². The molecule has 0 spiro atoms. The van der Waals surface area contributed by atoms with Crippen molar-refractivity contribution in [3.05, 3.63) is 76.4 Å². The molecule has 1 amide bonds. The second kappa shape index (κ2) is 8.17. The standard InChI is InChI=1S/C24H28N4O2/c1-24(2,25-3)22-9-8-18(14-26-22)23(30)28-13-11-20(21(29)16-28)27-12-10-17-6-4-5-7-19(17)15-27/h4-9,14,20-21,29H,10-13,15-16H2,1-2H3/t20-,21-/m1/s1. The number of aliphatic hydroxyl groups excluding tert-OH is 1. The first-order valence-corrected chi connectivity index (χ1v) is 10.5. The second-order valence-corrected chi connectivity index (χ2v) is 8.77. The molecule has 1 aromatic heterocycles. The molecule has 0 radical (unpaired) electrons. The normalized spacial score (nSPS) is 22.3. The van der Waals surface area contributed by atoms with Gasteiger partial charge < -0.3 is 14.9 Å². The summed E-state index contributed by atoms with van der Waals surface area (Å²) in [5.74, 6) is -0.115. The fraction of sp³-hybridized carbons (Fsp3) is 0.458. The lowest BCUT2D eigenvalue weighted by atomic mass is 9.94. The van der Waals surface area contributed by atoms with Gasteiger partial charge in [0.25, 0.3) is 11.4 Å². The number of carbonyl (C=O) groups excluding carboxylic acids is 1. The Morgan fingerprint density at radius 3 is 2.63 bits per heavy atom. The quantitative estimate of drug-likeness (QED) is 0.799. The summed E-state index contributed by atoms with van der Waals surface area (Å²) in [6, 6.07) is 12.1. The van der Waals surface area contributed by atoms with E-state index < -0.39 is 11.6 Å². The highest BCUT2D eigenvalue weighted by Crippen LogP contribution is 2.26. The molecule has 2 atom stereocenters. The van der Waals surface area contributed by atoms with Crippen molar-refractivity contribution in [2.24, 2.45) is 0 Å². The number of aliphatic hydroxyl groups is 1. The third-order valence-corrected chi connectivity index (χ3v) is 6.38. The molecule has 1 fully saturated rings. The predicted octanol–water partition coefficient (Wildman–Crippen LogP) is 2.87. The molecule has 1 N–H and O–H groups in total. The summed E-state index contributed by atoms with van der Waals surface area (Å²) in [6.45, 7) is 13.6. The molecule has 0 saturated carbocycles. The zero-order chi connectivity index (χ0) is 21.3. The number of carbonyl (C=O) groups is 1. The largest absolute Gasteiger partial charge is 0.390 e. The topological polar surface area (TPSA) is 61.0 Å². The monoisotopic (exact) mass is 404 g/mol. The molecule has 1 aromatic carbocycles. The van der Waals surface area contributed by atoms with E-state index in [1.165, 1.54) is 11.1 Å². The van der Waals surface area contributed by atoms with Gasteiger partial charge in [0.1, 0.15) is 5.69 Å². The van der Waals surface area contributed by atoms with Crippen LogP contribution in [-0.2, 0) is 18.5 Å². The molecule has 30 heavy (non-hydrogen) atoms. The number of hydrogen-bond donors (Lipinski definition) is 1. The number of fused-ring (bicyclic) bond motifs is 1. The van der Waals surface area contributed by atoms with Crippen molar-refractivity contribution in [3.63, 3.8) is 0 Å². The first kappa shape index (κ1) is 20.5. The molecule has 0 unspecified atom stereocenters. The Morgan fingerprint density at radius 1 is 1.20 bits per heavy atom. The summed E-state index contributed by atoms with van der Waals surface area (Å²) in [5.41, 5.74) is 3.18. The number of aromatic nitrogens is 1. The van der Waals surface area contributed by atoms with Gasteiger partial charge in [-0.2, -0.15) is 0 Å². The van der Waals surface area contributed by atoms with E-state index in [2.05, 4.69) is 39.0 Å². The molecule has 3 heterocycles. The third-order valence-electron chi connectivity index (χ3n) is 6.38. The van der Waals surface area contributed by atoms with Crippen LogP contribution >= 0.6 is 0 Å². The summed E-state index contributed by atoms with van der Waals surface area (Å²) in [7, 11) is 0. The van der Waals surface area contributed by atoms with Crippen LogP contribution in [0.5, 0.6) is 0 Å². The Hall–Kier alpha value is -2.75. The van der Waals surface area contributed by atoms with E-state index in [0.29, 0.717) is 24.3 Å². The van der Waals surface area contributed by atoms with Gasteiger partial charge in [0.2, 0.25) is 0 Å². The highest BCUT2D eigenvalue weighted by atomic mass is 16.3. The average molecular weight is 405 g/mol. The van der Waals surface area contributed by atoms with E-state index in [1.807, 2.05) is 13.8 Å². The predicted molar refractivity (Wildman–Crippen MR) is 115 cm³/mol. The van der Waals surface area contributed by atoms with Gasteiger partial charge in [0.15, 0.2) is 0 Å². The van der Waals surface area contributed by atoms with Gasteiger partial charge in [-0.15, -0.1) is 0 Å². The number of nitrogens with zero attached hydrogens (tertiary/aromatic N) is 4. The van der Waals surface area contributed by atoms with Crippen LogP contribution in [0.15, 0.2) is 42.6 Å². The smallest absolute Gasteiger partial charge is 0.268 e. The number of hydrogen-bond acceptors (Lipinski definition) is 4. The zero-order valence-corrected chi connectivity index (χ0v) is 17.6. The minimum Gasteiger partial charge on any atom is -0.390 e. The van der Waals surface area contributed by atoms with Gasteiger partial charge in [0, 0.05) is 52.3 Å². The number of pyridine rings is 1. The number of rotatable bonds is 3. The summed E-state index contributed by atoms with van der Waals surface area (Å²) in [6.07, 6.45) is 2.73. The molecule has 6 heteroatoms. The Balaban J connectivity index is 1.40. The van der Waals surface area contributed by atoms with Crippen LogP contribution in [0.1, 0.15) is 47.4 Å². The van der Waals surface area contributed by atoms with Crippen molar-refractivity contribution in [2.45, 2.75) is 50.9 Å². The average Bonchev–Trinajstić information content (AvgIpc) is 2.78. The van der Waals surface area contributed by atoms with Crippen LogP contribution in [0.25, 0.3) is 4.85 Å². The SMILES string of the molecule is [C-]#[N+]C(C)(C)c1ccc(C(=O)N2CC[C@@H](N3CCc4ccccc4C3)[C@H](O)C2)cn1. The van der Waals surface area contributed by atoms with E-state index in [0.717, 1.165) is 25.9 Å². The van der Waals surface area contributed by atoms with Gasteiger partial charge in [-0.25, -0.2) is 6.57 Å². The van der Waals surface area contributed by atoms with Crippen LogP contribution in [0, 0.1) is 6.57 Å². The van der Waals surface area contributed by atoms with Gasteiger partial charge in [-0.3, -0.25) is 14.7 Å². The summed E-state index contributed by atoms with van der Waals surface area (Å²) >= 11 is 0. The minimum absolute atomic E-state index is 0.0716. The maximum Gasteiger partial charge on any atom is 0.268 e. The summed E-state index contributed by atoms with van der Waals surface area (Å²) < 4.78 is 0. The lowest BCUT2D eigenvalue weighted by Crippen LogP contribution is -2.56. The number of amides is 1. The second-order valence-electron chi connectivity index (χ2n) is 8.77. The zero-order valence-electron chi connectivity index (χ0n) is 17.6. The lowest BCUT2D eigenvalue weighted by Gasteiger charge is -2.43. The van der Waals surface area contributed by atoms with Crippen LogP contribution in [0.4, 0.5) is 0 Å². The minimum atomic E-state index is -0.705. The van der Waals surface area contributed by atoms with E-state index >= 15 is 0 Å². The van der Waals surface area contributed by atoms with Crippen LogP contribution in [0.3, 0.4) is 0 Å². The summed E-state index contributed by atoms with van der Waals surface area (Å²) in [5, 5.41) is 10.8. The number of piperidine rings is 1. The Morgan fingerprint density at radius 2 is 1.97 bits per heavy atom. The van der Waals surface area contributed by atoms with Crippen molar-refractivity contribution in [3.8, 4) is 0 Å². The van der Waals surface area contributed by atoms with Crippen LogP contribution in [0.2, 0.25) is 0 Å². The maximum absolute atomic E-state index is 12.9. The van der Waals surface area contributed by atoms with Crippen molar-refractivity contribution >= 4 is 5.91 Å². The molecular formula is C24H28N4O2. The van der Waals surface area contributed by atoms with Crippen molar-refractivity contribution in [1.29, 1.82) is 0 Å². The highest BCUT2D eigenvalue weighted by Gasteiger charge is 2.35. The fourth-order valence-electron chi connectivity index (χ4n) is 4.45. The Kier molecular flexibility index (Phi) is 5.59. The summed E-state index contributed by atoms with van der Waals surface area (Å²) in [4.78, 5) is 24.9. The van der Waals surface area contributed by atoms with Gasteiger partial charge in [-0.1, -0.05) is 24.3 Å². The molecule has 2 aromatic rings. The molecule has 2 aliphatic heterocycles. The number of β-amino-alcohol motifs (C(OH)–C–C–N with tert-alkyl or cyclic N) is 1. The molecule has 6 nitrogen and oxygen atoms in total.